The van der Waals surface area contributed by atoms with Gasteiger partial charge in [0.2, 0.25) is 5.95 Å². The molecule has 0 aliphatic carbocycles. The van der Waals surface area contributed by atoms with Crippen LogP contribution in [0.3, 0.4) is 0 Å². The Hall–Kier alpha value is -2.57. The Kier molecular flexibility index (Phi) is 2.81. The van der Waals surface area contributed by atoms with Crippen LogP contribution in [-0.2, 0) is 17.8 Å². The maximum atomic E-state index is 11.5. The number of carbonyl (C=O) groups is 1. The fourth-order valence-electron chi connectivity index (χ4n) is 2.73. The average Bonchev–Trinajstić information content (AvgIpc) is 2.76. The highest BCUT2D eigenvalue weighted by molar-refractivity contribution is 5.72. The maximum absolute atomic E-state index is 11.5. The van der Waals surface area contributed by atoms with E-state index in [1.165, 1.54) is 0 Å². The summed E-state index contributed by atoms with van der Waals surface area (Å²) < 4.78 is 1.68. The van der Waals surface area contributed by atoms with E-state index in [2.05, 4.69) is 10.1 Å². The highest BCUT2D eigenvalue weighted by Gasteiger charge is 2.36. The smallest absolute Gasteiger partial charge is 0.307 e. The molecule has 7 nitrogen and oxygen atoms in total. The van der Waals surface area contributed by atoms with Crippen LogP contribution in [0.15, 0.2) is 24.3 Å². The number of anilines is 2. The second-order valence-corrected chi connectivity index (χ2v) is 4.99. The lowest BCUT2D eigenvalue weighted by Gasteiger charge is -2.29. The van der Waals surface area contributed by atoms with E-state index in [9.17, 15) is 9.90 Å². The number of nitrogens with two attached hydrogens (primary N) is 2. The molecule has 3 rings (SSSR count). The predicted octanol–water partition coefficient (Wildman–Crippen LogP) is 0.483. The van der Waals surface area contributed by atoms with E-state index in [4.69, 9.17) is 11.5 Å². The number of hydrogen-bond acceptors (Lipinski definition) is 5. The Labute approximate surface area is 115 Å². The van der Waals surface area contributed by atoms with Crippen LogP contribution in [0.2, 0.25) is 0 Å². The molecule has 0 fully saturated rings. The van der Waals surface area contributed by atoms with Gasteiger partial charge in [-0.15, -0.1) is 5.10 Å². The Morgan fingerprint density at radius 2 is 2.20 bits per heavy atom. The van der Waals surface area contributed by atoms with Gasteiger partial charge in [-0.1, -0.05) is 12.1 Å². The van der Waals surface area contributed by atoms with Crippen molar-refractivity contribution in [3.05, 3.63) is 35.7 Å². The van der Waals surface area contributed by atoms with E-state index < -0.39 is 11.9 Å². The number of nitrogens with zero attached hydrogens (tertiary/aromatic N) is 3. The van der Waals surface area contributed by atoms with Crippen molar-refractivity contribution in [3.63, 3.8) is 0 Å². The van der Waals surface area contributed by atoms with Gasteiger partial charge in [0.25, 0.3) is 0 Å². The van der Waals surface area contributed by atoms with E-state index in [-0.39, 0.29) is 11.9 Å². The summed E-state index contributed by atoms with van der Waals surface area (Å²) in [5.74, 6) is -0.782. The average molecular weight is 273 g/mol. The summed E-state index contributed by atoms with van der Waals surface area (Å²) in [6.07, 6.45) is 0.318. The van der Waals surface area contributed by atoms with Crippen molar-refractivity contribution in [1.82, 2.24) is 14.8 Å². The van der Waals surface area contributed by atoms with Gasteiger partial charge < -0.3 is 16.6 Å². The maximum Gasteiger partial charge on any atom is 0.307 e. The summed E-state index contributed by atoms with van der Waals surface area (Å²) in [5.41, 5.74) is 12.9. The van der Waals surface area contributed by atoms with Gasteiger partial charge >= 0.3 is 5.97 Å². The van der Waals surface area contributed by atoms with Gasteiger partial charge in [0.15, 0.2) is 0 Å². The van der Waals surface area contributed by atoms with Gasteiger partial charge in [0.1, 0.15) is 5.82 Å². The Balaban J connectivity index is 2.02. The number of carboxylic acid groups (broad SMARTS) is 1. The Morgan fingerprint density at radius 3 is 2.90 bits per heavy atom. The molecular weight excluding hydrogens is 258 g/mol. The van der Waals surface area contributed by atoms with Crippen molar-refractivity contribution in [3.8, 4) is 0 Å². The molecule has 0 radical (unpaired) electrons. The number of fused-ring (bicyclic) bond motifs is 1. The number of hydrogen-bond donors (Lipinski definition) is 3. The van der Waals surface area contributed by atoms with Crippen LogP contribution >= 0.6 is 0 Å². The molecule has 1 aliphatic rings. The minimum atomic E-state index is -0.842. The lowest BCUT2D eigenvalue weighted by Crippen LogP contribution is -2.33. The first-order valence-corrected chi connectivity index (χ1v) is 6.32. The molecule has 0 saturated carbocycles. The molecule has 2 aromatic rings. The minimum absolute atomic E-state index is 0.178. The summed E-state index contributed by atoms with van der Waals surface area (Å²) >= 11 is 0. The zero-order valence-corrected chi connectivity index (χ0v) is 10.7. The molecule has 0 amide bonds. The molecule has 0 saturated heterocycles. The molecule has 1 aromatic heterocycles. The number of benzene rings is 1. The summed E-state index contributed by atoms with van der Waals surface area (Å²) in [6.45, 7) is 0.444. The number of rotatable bonds is 2. The number of nitrogen functional groups attached to an aromatic ring is 2. The van der Waals surface area contributed by atoms with Gasteiger partial charge in [0, 0.05) is 18.0 Å². The first kappa shape index (κ1) is 12.5. The minimum Gasteiger partial charge on any atom is -0.481 e. The van der Waals surface area contributed by atoms with Crippen LogP contribution in [0.5, 0.6) is 0 Å². The molecule has 0 spiro atoms. The first-order chi connectivity index (χ1) is 9.54. The third kappa shape index (κ3) is 2.07. The fraction of sp³-hybridized carbons (Fsp3) is 0.308. The third-order valence-electron chi connectivity index (χ3n) is 3.68. The molecular formula is C13H15N5O2. The molecule has 1 aliphatic heterocycles. The van der Waals surface area contributed by atoms with Crippen LogP contribution in [-0.4, -0.2) is 25.8 Å². The SMILES string of the molecule is Nc1cccc(C2Cn3nc(N)nc3CC2C(=O)O)c1. The van der Waals surface area contributed by atoms with Crippen molar-refractivity contribution in [2.45, 2.75) is 18.9 Å². The molecule has 1 aromatic carbocycles. The van der Waals surface area contributed by atoms with E-state index in [1.807, 2.05) is 18.2 Å². The first-order valence-electron chi connectivity index (χ1n) is 6.32. The molecule has 2 heterocycles. The molecule has 2 unspecified atom stereocenters. The monoisotopic (exact) mass is 273 g/mol. The lowest BCUT2D eigenvalue weighted by atomic mass is 9.81. The van der Waals surface area contributed by atoms with Crippen LogP contribution in [0, 0.1) is 5.92 Å². The Bertz CT molecular complexity index is 667. The lowest BCUT2D eigenvalue weighted by molar-refractivity contribution is -0.143. The molecule has 104 valence electrons. The number of carboxylic acids is 1. The molecule has 7 heteroatoms. The quantitative estimate of drug-likeness (QED) is 0.685. The highest BCUT2D eigenvalue weighted by atomic mass is 16.4. The zero-order valence-electron chi connectivity index (χ0n) is 10.7. The highest BCUT2D eigenvalue weighted by Crippen LogP contribution is 2.34. The second-order valence-electron chi connectivity index (χ2n) is 4.99. The van der Waals surface area contributed by atoms with Crippen molar-refractivity contribution >= 4 is 17.6 Å². The van der Waals surface area contributed by atoms with Gasteiger partial charge in [-0.05, 0) is 17.7 Å². The van der Waals surface area contributed by atoms with Crippen LogP contribution < -0.4 is 11.5 Å². The topological polar surface area (TPSA) is 120 Å². The zero-order chi connectivity index (χ0) is 14.3. The van der Waals surface area contributed by atoms with Gasteiger partial charge in [-0.25, -0.2) is 4.68 Å². The van der Waals surface area contributed by atoms with Crippen LogP contribution in [0.4, 0.5) is 11.6 Å². The number of aliphatic carboxylic acids is 1. The molecule has 20 heavy (non-hydrogen) atoms. The van der Waals surface area contributed by atoms with Gasteiger partial charge in [-0.2, -0.15) is 4.98 Å². The second kappa shape index (κ2) is 4.52. The van der Waals surface area contributed by atoms with Crippen molar-refractivity contribution in [1.29, 1.82) is 0 Å². The van der Waals surface area contributed by atoms with Crippen LogP contribution in [0.25, 0.3) is 0 Å². The molecule has 5 N–H and O–H groups in total. The summed E-state index contributed by atoms with van der Waals surface area (Å²) in [4.78, 5) is 15.6. The van der Waals surface area contributed by atoms with E-state index in [0.717, 1.165) is 5.56 Å². The van der Waals surface area contributed by atoms with E-state index in [0.29, 0.717) is 24.5 Å². The molecule has 2 atom stereocenters. The summed E-state index contributed by atoms with van der Waals surface area (Å²) in [7, 11) is 0. The number of aromatic nitrogens is 3. The van der Waals surface area contributed by atoms with Crippen molar-refractivity contribution in [2.24, 2.45) is 5.92 Å². The van der Waals surface area contributed by atoms with Gasteiger partial charge in [0.05, 0.1) is 12.5 Å². The van der Waals surface area contributed by atoms with Crippen molar-refractivity contribution in [2.75, 3.05) is 11.5 Å². The van der Waals surface area contributed by atoms with Crippen molar-refractivity contribution < 1.29 is 9.90 Å². The fourth-order valence-corrected chi connectivity index (χ4v) is 2.73. The summed E-state index contributed by atoms with van der Waals surface area (Å²) in [6, 6.07) is 7.31. The largest absolute Gasteiger partial charge is 0.481 e. The standard InChI is InChI=1S/C13H15N5O2/c14-8-3-1-2-7(4-8)10-6-18-11(16-13(15)17-18)5-9(10)12(19)20/h1-4,9-10H,5-6,14H2,(H2,15,17)(H,19,20). The molecule has 0 bridgehead atoms. The van der Waals surface area contributed by atoms with Gasteiger partial charge in [-0.3, -0.25) is 4.79 Å². The predicted molar refractivity (Wildman–Crippen MR) is 72.9 cm³/mol. The van der Waals surface area contributed by atoms with E-state index >= 15 is 0 Å². The third-order valence-corrected chi connectivity index (χ3v) is 3.68. The summed E-state index contributed by atoms with van der Waals surface area (Å²) in [5, 5.41) is 13.6. The van der Waals surface area contributed by atoms with E-state index in [1.54, 1.807) is 10.7 Å². The normalized spacial score (nSPS) is 21.4. The van der Waals surface area contributed by atoms with Crippen LogP contribution in [0.1, 0.15) is 17.3 Å². The Morgan fingerprint density at radius 1 is 1.40 bits per heavy atom.